The monoisotopic (exact) mass is 1540 g/mol. The molecular weight excluding hydrogens is 1480 g/mol. The highest BCUT2D eigenvalue weighted by Crippen LogP contribution is 2.45. The molecule has 1 aliphatic rings. The van der Waals surface area contributed by atoms with Crippen LogP contribution in [0.3, 0.4) is 0 Å². The molecule has 8 aromatic carbocycles. The molecule has 0 aromatic heterocycles. The van der Waals surface area contributed by atoms with E-state index in [4.69, 9.17) is 21.5 Å². The molecule has 24 heteroatoms. The van der Waals surface area contributed by atoms with Gasteiger partial charge in [-0.15, -0.1) is 0 Å². The molecule has 0 amide bonds. The molecular formula is C65H58Br4O16S4. The van der Waals surface area contributed by atoms with Gasteiger partial charge in [0.1, 0.15) is 42.6 Å². The van der Waals surface area contributed by atoms with Crippen molar-refractivity contribution in [3.63, 3.8) is 0 Å². The number of hydrogen-bond acceptors (Lipinski definition) is 15. The Morgan fingerprint density at radius 3 is 0.798 bits per heavy atom. The number of methoxy groups -OCH3 is 1. The Kier molecular flexibility index (Phi) is 19.6. The molecule has 0 saturated heterocycles. The van der Waals surface area contributed by atoms with Crippen LogP contribution in [0, 0.1) is 0 Å². The van der Waals surface area contributed by atoms with Crippen LogP contribution in [-0.2, 0) is 104 Å². The van der Waals surface area contributed by atoms with E-state index in [0.717, 1.165) is 0 Å². The molecule has 89 heavy (non-hydrogen) atoms. The number of carbonyl (C=O) groups is 2. The Bertz CT molecular complexity index is 4370. The molecule has 0 unspecified atom stereocenters. The standard InChI is InChI=1S/C65H58Br4O16S4/c1-64(2,3)48-34-44-30-40-24-38(28-58(70)71)25-41(60(40)82-86(73,74)54-16-8-50(66)9-17-54)31-45-35-49(65(4,5)6)37-47(63(45)85-89(79,80)57-22-14-53(69)15-23-57)33-43-27-39(29-59(72)81-7)26-42(61(43)83-87(75,76)55-18-10-51(67)11-19-55)32-46(36-48)62(44)84-88(77,78)56-20-12-52(68)13-21-56/h8-27,34-37H,28-33H2,1-7H3,(H,70,71). The molecule has 8 aromatic rings. The molecule has 9 rings (SSSR count). The number of ether oxygens (including phenoxy) is 1. The molecule has 16 nitrogen and oxygen atoms in total. The SMILES string of the molecule is COC(=O)Cc1cc2c(OS(=O)(=O)c3ccc(Br)cc3)c(c1)Cc1cc(C(C)(C)C)cc(c1OS(=O)(=O)c1ccc(Br)cc1)Cc1cc(CC(=O)O)cc(c1OS(=O)(=O)c1ccc(Br)cc1)Cc1cc(C(C)(C)C)cc(c1OS(=O)(=O)c1ccc(Br)cc1)C2. The summed E-state index contributed by atoms with van der Waals surface area (Å²) in [5, 5.41) is 10.5. The normalized spacial score (nSPS) is 13.1. The van der Waals surface area contributed by atoms with Crippen molar-refractivity contribution in [3.05, 3.63) is 230 Å². The largest absolute Gasteiger partial charge is 0.481 e. The lowest BCUT2D eigenvalue weighted by Gasteiger charge is -2.27. The summed E-state index contributed by atoms with van der Waals surface area (Å²) in [6.07, 6.45) is -2.67. The maximum absolute atomic E-state index is 14.9. The van der Waals surface area contributed by atoms with Crippen LogP contribution in [0.2, 0.25) is 0 Å². The molecule has 0 aliphatic heterocycles. The molecule has 1 aliphatic carbocycles. The van der Waals surface area contributed by atoms with E-state index >= 15 is 0 Å². The van der Waals surface area contributed by atoms with Gasteiger partial charge in [0.05, 0.1) is 20.0 Å². The molecule has 1 N–H and O–H groups in total. The van der Waals surface area contributed by atoms with Crippen molar-refractivity contribution in [2.45, 2.75) is 110 Å². The first-order chi connectivity index (χ1) is 41.6. The van der Waals surface area contributed by atoms with E-state index in [0.29, 0.717) is 29.0 Å². The number of carbonyl (C=O) groups excluding carboxylic acids is 1. The highest BCUT2D eigenvalue weighted by Gasteiger charge is 2.34. The third-order valence-corrected chi connectivity index (χ3v) is 21.5. The summed E-state index contributed by atoms with van der Waals surface area (Å²) in [4.78, 5) is 25.3. The van der Waals surface area contributed by atoms with Crippen LogP contribution in [0.25, 0.3) is 0 Å². The molecule has 8 bridgehead atoms. The average Bonchev–Trinajstić information content (AvgIpc) is 0.807. The van der Waals surface area contributed by atoms with Gasteiger partial charge in [0.25, 0.3) is 0 Å². The van der Waals surface area contributed by atoms with Crippen molar-refractivity contribution in [2.24, 2.45) is 0 Å². The summed E-state index contributed by atoms with van der Waals surface area (Å²) in [7, 11) is -18.1. The first-order valence-electron chi connectivity index (χ1n) is 27.3. The van der Waals surface area contributed by atoms with Crippen LogP contribution in [0.4, 0.5) is 0 Å². The maximum Gasteiger partial charge on any atom is 0.339 e. The van der Waals surface area contributed by atoms with Gasteiger partial charge in [-0.25, -0.2) is 0 Å². The molecule has 0 spiro atoms. The molecule has 0 fully saturated rings. The topological polar surface area (TPSA) is 237 Å². The predicted octanol–water partition coefficient (Wildman–Crippen LogP) is 14.4. The Labute approximate surface area is 552 Å². The fourth-order valence-electron chi connectivity index (χ4n) is 9.98. The smallest absolute Gasteiger partial charge is 0.339 e. The second-order valence-electron chi connectivity index (χ2n) is 23.2. The zero-order chi connectivity index (χ0) is 64.8. The van der Waals surface area contributed by atoms with Crippen molar-refractivity contribution in [1.29, 1.82) is 0 Å². The number of hydrogen-bond donors (Lipinski definition) is 1. The fourth-order valence-corrected chi connectivity index (χ4v) is 15.0. The number of rotatable bonds is 16. The van der Waals surface area contributed by atoms with Crippen LogP contribution in [0.1, 0.15) is 108 Å². The second kappa shape index (κ2) is 26.1. The summed E-state index contributed by atoms with van der Waals surface area (Å²) in [5.41, 5.74) is 0.759. The van der Waals surface area contributed by atoms with Gasteiger partial charge in [0.15, 0.2) is 0 Å². The van der Waals surface area contributed by atoms with E-state index < -0.39 is 95.3 Å². The van der Waals surface area contributed by atoms with E-state index in [-0.39, 0.29) is 105 Å². The van der Waals surface area contributed by atoms with E-state index in [1.165, 1.54) is 128 Å². The van der Waals surface area contributed by atoms with Gasteiger partial charge in [-0.2, -0.15) is 33.7 Å². The third kappa shape index (κ3) is 16.0. The molecule has 466 valence electrons. The van der Waals surface area contributed by atoms with Gasteiger partial charge < -0.3 is 26.6 Å². The van der Waals surface area contributed by atoms with Crippen LogP contribution in [0.5, 0.6) is 23.0 Å². The van der Waals surface area contributed by atoms with Crippen molar-refractivity contribution < 1.29 is 69.8 Å². The first-order valence-corrected chi connectivity index (χ1v) is 36.1. The summed E-state index contributed by atoms with van der Waals surface area (Å²) in [6, 6.07) is 35.3. The quantitative estimate of drug-likeness (QED) is 0.0699. The maximum atomic E-state index is 14.9. The minimum absolute atomic E-state index is 0.0264. The first kappa shape index (κ1) is 67.0. The summed E-state index contributed by atoms with van der Waals surface area (Å²) >= 11 is 13.5. The van der Waals surface area contributed by atoms with Gasteiger partial charge in [-0.1, -0.05) is 154 Å². The minimum atomic E-state index is -4.82. The summed E-state index contributed by atoms with van der Waals surface area (Å²) in [6.45, 7) is 11.4. The fraction of sp³-hybridized carbons (Fsp3) is 0.231. The van der Waals surface area contributed by atoms with Gasteiger partial charge >= 0.3 is 52.4 Å². The molecule has 0 heterocycles. The van der Waals surface area contributed by atoms with Crippen molar-refractivity contribution in [2.75, 3.05) is 7.11 Å². The van der Waals surface area contributed by atoms with Gasteiger partial charge in [-0.3, -0.25) is 9.59 Å². The lowest BCUT2D eigenvalue weighted by atomic mass is 9.81. The lowest BCUT2D eigenvalue weighted by molar-refractivity contribution is -0.140. The third-order valence-electron chi connectivity index (χ3n) is 14.5. The number of halogens is 4. The van der Waals surface area contributed by atoms with Crippen LogP contribution < -0.4 is 16.7 Å². The van der Waals surface area contributed by atoms with Gasteiger partial charge in [-0.05, 0) is 130 Å². The predicted molar refractivity (Wildman–Crippen MR) is 349 cm³/mol. The van der Waals surface area contributed by atoms with Crippen molar-refractivity contribution >= 4 is 116 Å². The van der Waals surface area contributed by atoms with E-state index in [1.54, 1.807) is 24.3 Å². The number of carboxylic acids is 1. The highest BCUT2D eigenvalue weighted by molar-refractivity contribution is 9.11. The summed E-state index contributed by atoms with van der Waals surface area (Å²) in [5.74, 6) is -3.11. The van der Waals surface area contributed by atoms with Gasteiger partial charge in [0.2, 0.25) is 0 Å². The zero-order valence-electron chi connectivity index (χ0n) is 48.8. The number of fused-ring (bicyclic) bond motifs is 8. The van der Waals surface area contributed by atoms with Crippen LogP contribution in [0.15, 0.2) is 183 Å². The second-order valence-corrected chi connectivity index (χ2v) is 33.1. The number of carboxylic acid groups (broad SMARTS) is 1. The van der Waals surface area contributed by atoms with Crippen LogP contribution in [-0.4, -0.2) is 57.8 Å². The Balaban J connectivity index is 1.47. The number of esters is 1. The Morgan fingerprint density at radius 1 is 0.382 bits per heavy atom. The van der Waals surface area contributed by atoms with Crippen LogP contribution >= 0.6 is 63.7 Å². The summed E-state index contributed by atoms with van der Waals surface area (Å²) < 4.78 is 152. The Morgan fingerprint density at radius 2 is 0.596 bits per heavy atom. The lowest BCUT2D eigenvalue weighted by Crippen LogP contribution is -2.19. The minimum Gasteiger partial charge on any atom is -0.481 e. The van der Waals surface area contributed by atoms with Crippen molar-refractivity contribution in [3.8, 4) is 23.0 Å². The van der Waals surface area contributed by atoms with Crippen molar-refractivity contribution in [1.82, 2.24) is 0 Å². The molecule has 0 radical (unpaired) electrons. The Hall–Kier alpha value is -6.38. The van der Waals surface area contributed by atoms with E-state index in [2.05, 4.69) is 63.7 Å². The zero-order valence-corrected chi connectivity index (χ0v) is 58.4. The van der Waals surface area contributed by atoms with Gasteiger partial charge in [0, 0.05) is 88.1 Å². The number of benzene rings is 8. The molecule has 0 saturated carbocycles. The van der Waals surface area contributed by atoms with E-state index in [1.807, 2.05) is 41.5 Å². The average molecular weight is 1540 g/mol. The van der Waals surface area contributed by atoms with E-state index in [9.17, 15) is 48.4 Å². The molecule has 0 atom stereocenters. The number of aliphatic carboxylic acids is 1. The highest BCUT2D eigenvalue weighted by atomic mass is 79.9.